The number of amides is 1. The number of carbonyl (C=O) groups excluding carboxylic acids is 1. The van der Waals surface area contributed by atoms with Gasteiger partial charge in [-0.3, -0.25) is 9.59 Å². The van der Waals surface area contributed by atoms with Gasteiger partial charge >= 0.3 is 0 Å². The Bertz CT molecular complexity index is 706. The lowest BCUT2D eigenvalue weighted by molar-refractivity contribution is -0.121. The van der Waals surface area contributed by atoms with Gasteiger partial charge in [0, 0.05) is 37.5 Å². The molecule has 1 unspecified atom stereocenters. The highest BCUT2D eigenvalue weighted by atomic mass is 32.2. The third-order valence-corrected chi connectivity index (χ3v) is 4.74. The van der Waals surface area contributed by atoms with Crippen molar-refractivity contribution in [3.8, 4) is 0 Å². The molecule has 116 valence electrons. The fraction of sp³-hybridized carbons (Fsp3) is 0.571. The first kappa shape index (κ1) is 15.8. The third kappa shape index (κ3) is 4.17. The van der Waals surface area contributed by atoms with Crippen molar-refractivity contribution in [3.63, 3.8) is 0 Å². The Morgan fingerprint density at radius 3 is 2.81 bits per heavy atom. The van der Waals surface area contributed by atoms with E-state index in [0.717, 1.165) is 30.4 Å². The molecule has 1 amide bonds. The van der Waals surface area contributed by atoms with E-state index in [9.17, 15) is 18.0 Å². The number of nitrogens with zero attached hydrogens (tertiary/aromatic N) is 1. The Morgan fingerprint density at radius 2 is 2.14 bits per heavy atom. The van der Waals surface area contributed by atoms with Gasteiger partial charge in [0.2, 0.25) is 11.5 Å². The summed E-state index contributed by atoms with van der Waals surface area (Å²) in [5, 5.41) is 2.88. The Morgan fingerprint density at radius 1 is 1.43 bits per heavy atom. The van der Waals surface area contributed by atoms with Gasteiger partial charge in [0.15, 0.2) is 0 Å². The van der Waals surface area contributed by atoms with E-state index in [-0.39, 0.29) is 29.7 Å². The normalized spacial score (nSPS) is 18.1. The molecular formula is C14H20N2O4S. The third-order valence-electron chi connectivity index (χ3n) is 3.79. The Hall–Kier alpha value is -1.63. The van der Waals surface area contributed by atoms with Crippen LogP contribution >= 0.6 is 0 Å². The smallest absolute Gasteiger partial charge is 0.250 e. The van der Waals surface area contributed by atoms with Crippen molar-refractivity contribution in [3.05, 3.63) is 33.7 Å². The summed E-state index contributed by atoms with van der Waals surface area (Å²) in [6.07, 6.45) is 3.29. The van der Waals surface area contributed by atoms with E-state index in [1.54, 1.807) is 11.6 Å². The summed E-state index contributed by atoms with van der Waals surface area (Å²) in [5.74, 6) is -0.366. The molecule has 7 heteroatoms. The second-order valence-electron chi connectivity index (χ2n) is 5.59. The maximum absolute atomic E-state index is 11.8. The number of carbonyl (C=O) groups is 1. The maximum Gasteiger partial charge on any atom is 0.250 e. The highest BCUT2D eigenvalue weighted by molar-refractivity contribution is 7.90. The summed E-state index contributed by atoms with van der Waals surface area (Å²) >= 11 is 0. The Kier molecular flexibility index (Phi) is 4.51. The van der Waals surface area contributed by atoms with E-state index in [2.05, 4.69) is 5.32 Å². The summed E-state index contributed by atoms with van der Waals surface area (Å²) in [7, 11) is -1.36. The Balaban J connectivity index is 1.98. The van der Waals surface area contributed by atoms with Crippen LogP contribution in [0.3, 0.4) is 0 Å². The fourth-order valence-electron chi connectivity index (χ4n) is 2.62. The number of fused-ring (bicyclic) bond motifs is 1. The molecule has 0 radical (unpaired) electrons. The van der Waals surface area contributed by atoms with Crippen molar-refractivity contribution in [1.82, 2.24) is 9.88 Å². The number of rotatable bonds is 4. The zero-order valence-corrected chi connectivity index (χ0v) is 13.1. The Labute approximate surface area is 124 Å². The average molecular weight is 312 g/mol. The molecule has 0 aromatic carbocycles. The van der Waals surface area contributed by atoms with Crippen LogP contribution in [-0.2, 0) is 34.5 Å². The first-order valence-electron chi connectivity index (χ1n) is 6.91. The van der Waals surface area contributed by atoms with E-state index in [0.29, 0.717) is 6.42 Å². The van der Waals surface area contributed by atoms with Crippen LogP contribution in [0.5, 0.6) is 0 Å². The van der Waals surface area contributed by atoms with Crippen LogP contribution in [0, 0.1) is 0 Å². The maximum atomic E-state index is 11.8. The minimum absolute atomic E-state index is 0.00191. The second-order valence-corrected chi connectivity index (χ2v) is 7.85. The number of aromatic nitrogens is 1. The minimum Gasteiger partial charge on any atom is -0.353 e. The van der Waals surface area contributed by atoms with Crippen molar-refractivity contribution < 1.29 is 13.2 Å². The van der Waals surface area contributed by atoms with Gasteiger partial charge in [-0.2, -0.15) is 0 Å². The molecule has 1 heterocycles. The van der Waals surface area contributed by atoms with Crippen LogP contribution in [0.2, 0.25) is 0 Å². The number of hydrogen-bond donors (Lipinski definition) is 1. The van der Waals surface area contributed by atoms with Gasteiger partial charge in [0.25, 0.3) is 0 Å². The van der Waals surface area contributed by atoms with E-state index in [4.69, 9.17) is 0 Å². The molecule has 0 spiro atoms. The standard InChI is InChI=1S/C14H20N2O4S/c1-16-12-5-4-11(9-10(12)3-6-14(16)18)15-13(17)7-8-21(2,19)20/h3,6,11H,4-5,7-9H2,1-2H3,(H,15,17). The van der Waals surface area contributed by atoms with Gasteiger partial charge in [-0.25, -0.2) is 8.42 Å². The predicted octanol–water partition coefficient (Wildman–Crippen LogP) is -0.206. The summed E-state index contributed by atoms with van der Waals surface area (Å²) in [5.41, 5.74) is 2.06. The lowest BCUT2D eigenvalue weighted by Gasteiger charge is -2.26. The SMILES string of the molecule is Cn1c2c(ccc1=O)CC(NC(=O)CCS(C)(=O)=O)CC2. The molecule has 1 aliphatic carbocycles. The molecule has 6 nitrogen and oxygen atoms in total. The van der Waals surface area contributed by atoms with E-state index in [1.807, 2.05) is 6.07 Å². The molecule has 2 rings (SSSR count). The molecule has 0 bridgehead atoms. The van der Waals surface area contributed by atoms with Crippen LogP contribution in [0.25, 0.3) is 0 Å². The van der Waals surface area contributed by atoms with Crippen LogP contribution < -0.4 is 10.9 Å². The highest BCUT2D eigenvalue weighted by Crippen LogP contribution is 2.19. The summed E-state index contributed by atoms with van der Waals surface area (Å²) in [6, 6.07) is 3.35. The quantitative estimate of drug-likeness (QED) is 0.834. The molecule has 1 aliphatic rings. The van der Waals surface area contributed by atoms with Gasteiger partial charge in [0.1, 0.15) is 9.84 Å². The molecule has 1 aromatic rings. The minimum atomic E-state index is -3.12. The summed E-state index contributed by atoms with van der Waals surface area (Å²) < 4.78 is 23.7. The van der Waals surface area contributed by atoms with Crippen LogP contribution in [0.15, 0.2) is 16.9 Å². The van der Waals surface area contributed by atoms with E-state index < -0.39 is 9.84 Å². The highest BCUT2D eigenvalue weighted by Gasteiger charge is 2.22. The summed E-state index contributed by atoms with van der Waals surface area (Å²) in [6.45, 7) is 0. The molecule has 1 atom stereocenters. The van der Waals surface area contributed by atoms with Crippen molar-refractivity contribution in [2.24, 2.45) is 7.05 Å². The topological polar surface area (TPSA) is 85.2 Å². The van der Waals surface area contributed by atoms with Crippen LogP contribution in [0.4, 0.5) is 0 Å². The molecule has 21 heavy (non-hydrogen) atoms. The molecule has 1 aromatic heterocycles. The number of pyridine rings is 1. The van der Waals surface area contributed by atoms with Gasteiger partial charge in [-0.1, -0.05) is 6.07 Å². The number of hydrogen-bond acceptors (Lipinski definition) is 4. The molecule has 0 saturated heterocycles. The second kappa shape index (κ2) is 6.01. The van der Waals surface area contributed by atoms with E-state index in [1.165, 1.54) is 6.07 Å². The van der Waals surface area contributed by atoms with E-state index >= 15 is 0 Å². The molecular weight excluding hydrogens is 292 g/mol. The fourth-order valence-corrected chi connectivity index (χ4v) is 3.18. The van der Waals surface area contributed by atoms with Crippen LogP contribution in [-0.4, -0.2) is 36.9 Å². The average Bonchev–Trinajstić information content (AvgIpc) is 2.40. The molecule has 1 N–H and O–H groups in total. The predicted molar refractivity (Wildman–Crippen MR) is 80.0 cm³/mol. The van der Waals surface area contributed by atoms with Gasteiger partial charge in [-0.15, -0.1) is 0 Å². The summed E-state index contributed by atoms with van der Waals surface area (Å²) in [4.78, 5) is 23.3. The van der Waals surface area contributed by atoms with Crippen molar-refractivity contribution in [2.45, 2.75) is 31.7 Å². The van der Waals surface area contributed by atoms with Gasteiger partial charge < -0.3 is 9.88 Å². The first-order chi connectivity index (χ1) is 9.76. The van der Waals surface area contributed by atoms with Crippen molar-refractivity contribution in [1.29, 1.82) is 0 Å². The number of nitrogens with one attached hydrogen (secondary N) is 1. The molecule has 0 fully saturated rings. The van der Waals surface area contributed by atoms with Crippen molar-refractivity contribution in [2.75, 3.05) is 12.0 Å². The zero-order chi connectivity index (χ0) is 15.6. The largest absolute Gasteiger partial charge is 0.353 e. The van der Waals surface area contributed by atoms with Gasteiger partial charge in [0.05, 0.1) is 5.75 Å². The molecule has 0 saturated carbocycles. The lowest BCUT2D eigenvalue weighted by Crippen LogP contribution is -2.40. The number of sulfone groups is 1. The first-order valence-corrected chi connectivity index (χ1v) is 8.97. The van der Waals surface area contributed by atoms with Gasteiger partial charge in [-0.05, 0) is 24.8 Å². The zero-order valence-electron chi connectivity index (χ0n) is 12.3. The molecule has 0 aliphatic heterocycles. The monoisotopic (exact) mass is 312 g/mol. The van der Waals surface area contributed by atoms with Crippen molar-refractivity contribution >= 4 is 15.7 Å². The van der Waals surface area contributed by atoms with Crippen LogP contribution in [0.1, 0.15) is 24.1 Å². The lowest BCUT2D eigenvalue weighted by atomic mass is 9.91.